The van der Waals surface area contributed by atoms with E-state index in [2.05, 4.69) is 5.32 Å². The van der Waals surface area contributed by atoms with E-state index in [1.54, 1.807) is 13.2 Å². The van der Waals surface area contributed by atoms with Gasteiger partial charge in [-0.15, -0.1) is 0 Å². The summed E-state index contributed by atoms with van der Waals surface area (Å²) in [4.78, 5) is 0. The Hall–Kier alpha value is -1.13. The summed E-state index contributed by atoms with van der Waals surface area (Å²) >= 11 is 0. The number of nitrogens with one attached hydrogen (secondary N) is 1. The standard InChI is InChI=1S/C15H22FNO2/c1-10(2)11-6-14(16)13(15(7-11)18-3)9-17-8-12-4-5-19-12/h6-7,10,12,17H,4-5,8-9H2,1-3H3/t12-/m0/s1. The topological polar surface area (TPSA) is 30.5 Å². The Bertz CT molecular complexity index is 430. The van der Waals surface area contributed by atoms with Gasteiger partial charge in [0.2, 0.25) is 0 Å². The Balaban J connectivity index is 2.04. The Morgan fingerprint density at radius 3 is 2.74 bits per heavy atom. The molecule has 1 fully saturated rings. The lowest BCUT2D eigenvalue weighted by Crippen LogP contribution is -2.37. The van der Waals surface area contributed by atoms with Gasteiger partial charge in [0.05, 0.1) is 13.2 Å². The lowest BCUT2D eigenvalue weighted by molar-refractivity contribution is -0.0484. The second kappa shape index (κ2) is 6.35. The smallest absolute Gasteiger partial charge is 0.131 e. The van der Waals surface area contributed by atoms with Crippen LogP contribution in [0.4, 0.5) is 4.39 Å². The third kappa shape index (κ3) is 3.45. The molecule has 0 amide bonds. The SMILES string of the molecule is COc1cc(C(C)C)cc(F)c1CNC[C@@H]1CCO1. The van der Waals surface area contributed by atoms with Crippen molar-refractivity contribution in [3.05, 3.63) is 29.1 Å². The second-order valence-electron chi connectivity index (χ2n) is 5.25. The van der Waals surface area contributed by atoms with Gasteiger partial charge >= 0.3 is 0 Å². The molecule has 3 nitrogen and oxygen atoms in total. The van der Waals surface area contributed by atoms with Crippen LogP contribution in [0.5, 0.6) is 5.75 Å². The predicted molar refractivity (Wildman–Crippen MR) is 73.1 cm³/mol. The van der Waals surface area contributed by atoms with Crippen LogP contribution in [0.1, 0.15) is 37.3 Å². The van der Waals surface area contributed by atoms with Crippen molar-refractivity contribution in [2.45, 2.75) is 38.8 Å². The van der Waals surface area contributed by atoms with E-state index < -0.39 is 0 Å². The number of methoxy groups -OCH3 is 1. The molecule has 1 aliphatic heterocycles. The van der Waals surface area contributed by atoms with Gasteiger partial charge in [0.1, 0.15) is 11.6 Å². The van der Waals surface area contributed by atoms with Gasteiger partial charge in [0.25, 0.3) is 0 Å². The number of hydrogen-bond donors (Lipinski definition) is 1. The number of halogens is 1. The molecule has 4 heteroatoms. The molecule has 2 rings (SSSR count). The molecule has 1 aromatic rings. The Morgan fingerprint density at radius 2 is 2.21 bits per heavy atom. The van der Waals surface area contributed by atoms with Gasteiger partial charge < -0.3 is 14.8 Å². The molecule has 1 heterocycles. The van der Waals surface area contributed by atoms with Gasteiger partial charge in [0, 0.05) is 25.3 Å². The van der Waals surface area contributed by atoms with E-state index in [-0.39, 0.29) is 17.8 Å². The summed E-state index contributed by atoms with van der Waals surface area (Å²) in [5.41, 5.74) is 1.55. The molecule has 0 saturated carbocycles. The van der Waals surface area contributed by atoms with Gasteiger partial charge in [0.15, 0.2) is 0 Å². The van der Waals surface area contributed by atoms with E-state index in [1.165, 1.54) is 0 Å². The maximum Gasteiger partial charge on any atom is 0.131 e. The second-order valence-corrected chi connectivity index (χ2v) is 5.25. The van der Waals surface area contributed by atoms with Crippen molar-refractivity contribution in [1.29, 1.82) is 0 Å². The van der Waals surface area contributed by atoms with Crippen LogP contribution in [-0.2, 0) is 11.3 Å². The van der Waals surface area contributed by atoms with Gasteiger partial charge in [-0.05, 0) is 30.0 Å². The molecule has 106 valence electrons. The molecule has 0 spiro atoms. The summed E-state index contributed by atoms with van der Waals surface area (Å²) in [5.74, 6) is 0.699. The van der Waals surface area contributed by atoms with E-state index >= 15 is 0 Å². The van der Waals surface area contributed by atoms with Crippen molar-refractivity contribution in [2.24, 2.45) is 0 Å². The van der Waals surface area contributed by atoms with Crippen LogP contribution >= 0.6 is 0 Å². The molecule has 0 bridgehead atoms. The summed E-state index contributed by atoms with van der Waals surface area (Å²) in [6.07, 6.45) is 1.36. The van der Waals surface area contributed by atoms with E-state index in [1.807, 2.05) is 19.9 Å². The third-order valence-corrected chi connectivity index (χ3v) is 3.53. The first-order valence-corrected chi connectivity index (χ1v) is 6.80. The average molecular weight is 267 g/mol. The average Bonchev–Trinajstić information content (AvgIpc) is 2.32. The zero-order valence-electron chi connectivity index (χ0n) is 11.8. The highest BCUT2D eigenvalue weighted by Gasteiger charge is 2.18. The van der Waals surface area contributed by atoms with Gasteiger partial charge in [-0.25, -0.2) is 4.39 Å². The summed E-state index contributed by atoms with van der Waals surface area (Å²) in [6.45, 7) is 6.15. The fourth-order valence-electron chi connectivity index (χ4n) is 2.12. The monoisotopic (exact) mass is 267 g/mol. The molecule has 1 N–H and O–H groups in total. The van der Waals surface area contributed by atoms with Crippen molar-refractivity contribution in [1.82, 2.24) is 5.32 Å². The molecule has 19 heavy (non-hydrogen) atoms. The molecule has 0 radical (unpaired) electrons. The van der Waals surface area contributed by atoms with Crippen LogP contribution in [0.15, 0.2) is 12.1 Å². The fraction of sp³-hybridized carbons (Fsp3) is 0.600. The quantitative estimate of drug-likeness (QED) is 0.859. The number of benzene rings is 1. The molecular formula is C15H22FNO2. The zero-order valence-corrected chi connectivity index (χ0v) is 11.8. The molecule has 1 aliphatic rings. The molecule has 0 unspecified atom stereocenters. The zero-order chi connectivity index (χ0) is 13.8. The van der Waals surface area contributed by atoms with E-state index in [0.717, 1.165) is 25.1 Å². The van der Waals surface area contributed by atoms with Gasteiger partial charge in [-0.1, -0.05) is 13.8 Å². The highest BCUT2D eigenvalue weighted by atomic mass is 19.1. The van der Waals surface area contributed by atoms with Crippen LogP contribution in [0.25, 0.3) is 0 Å². The first kappa shape index (κ1) is 14.3. The van der Waals surface area contributed by atoms with Crippen LogP contribution in [-0.4, -0.2) is 26.4 Å². The Labute approximate surface area is 114 Å². The van der Waals surface area contributed by atoms with Crippen molar-refractivity contribution < 1.29 is 13.9 Å². The van der Waals surface area contributed by atoms with Crippen molar-refractivity contribution in [3.63, 3.8) is 0 Å². The van der Waals surface area contributed by atoms with Crippen LogP contribution in [0.3, 0.4) is 0 Å². The number of rotatable bonds is 6. The normalized spacial score (nSPS) is 18.5. The summed E-state index contributed by atoms with van der Waals surface area (Å²) in [5, 5.41) is 3.22. The van der Waals surface area contributed by atoms with Crippen molar-refractivity contribution >= 4 is 0 Å². The van der Waals surface area contributed by atoms with Crippen LogP contribution in [0.2, 0.25) is 0 Å². The fourth-order valence-corrected chi connectivity index (χ4v) is 2.12. The minimum atomic E-state index is -0.204. The van der Waals surface area contributed by atoms with Crippen LogP contribution < -0.4 is 10.1 Å². The van der Waals surface area contributed by atoms with E-state index in [0.29, 0.717) is 17.9 Å². The molecule has 0 aromatic heterocycles. The summed E-state index contributed by atoms with van der Waals surface area (Å²) < 4.78 is 24.7. The van der Waals surface area contributed by atoms with Crippen molar-refractivity contribution in [2.75, 3.05) is 20.3 Å². The van der Waals surface area contributed by atoms with E-state index in [9.17, 15) is 4.39 Å². The Morgan fingerprint density at radius 1 is 1.47 bits per heavy atom. The van der Waals surface area contributed by atoms with E-state index in [4.69, 9.17) is 9.47 Å². The number of hydrogen-bond acceptors (Lipinski definition) is 3. The highest BCUT2D eigenvalue weighted by Crippen LogP contribution is 2.27. The minimum absolute atomic E-state index is 0.204. The van der Waals surface area contributed by atoms with Gasteiger partial charge in [-0.3, -0.25) is 0 Å². The lowest BCUT2D eigenvalue weighted by Gasteiger charge is -2.26. The van der Waals surface area contributed by atoms with Gasteiger partial charge in [-0.2, -0.15) is 0 Å². The Kier molecular flexibility index (Phi) is 4.77. The lowest BCUT2D eigenvalue weighted by atomic mass is 10.00. The maximum absolute atomic E-state index is 14.1. The molecular weight excluding hydrogens is 245 g/mol. The summed E-state index contributed by atoms with van der Waals surface area (Å²) in [7, 11) is 1.58. The first-order chi connectivity index (χ1) is 9.11. The number of ether oxygens (including phenoxy) is 2. The van der Waals surface area contributed by atoms with Crippen LogP contribution in [0, 0.1) is 5.82 Å². The molecule has 1 aromatic carbocycles. The maximum atomic E-state index is 14.1. The highest BCUT2D eigenvalue weighted by molar-refractivity contribution is 5.40. The predicted octanol–water partition coefficient (Wildman–Crippen LogP) is 2.84. The molecule has 1 atom stereocenters. The van der Waals surface area contributed by atoms with Crippen molar-refractivity contribution in [3.8, 4) is 5.75 Å². The molecule has 0 aliphatic carbocycles. The first-order valence-electron chi connectivity index (χ1n) is 6.80. The largest absolute Gasteiger partial charge is 0.496 e. The minimum Gasteiger partial charge on any atom is -0.496 e. The summed E-state index contributed by atoms with van der Waals surface area (Å²) in [6, 6.07) is 3.52. The molecule has 1 saturated heterocycles. The third-order valence-electron chi connectivity index (χ3n) is 3.53.